The molecule has 1 aromatic carbocycles. The highest BCUT2D eigenvalue weighted by atomic mass is 16.6. The first-order chi connectivity index (χ1) is 11.7. The molecule has 7 heteroatoms. The van der Waals surface area contributed by atoms with E-state index >= 15 is 0 Å². The number of carbonyl (C=O) groups excluding carboxylic acids is 1. The maximum atomic E-state index is 12.0. The number of nitrogens with zero attached hydrogens (tertiary/aromatic N) is 1. The number of benzene rings is 1. The van der Waals surface area contributed by atoms with Crippen LogP contribution in [0.25, 0.3) is 6.08 Å². The molecule has 2 aromatic rings. The molecule has 1 aliphatic heterocycles. The maximum absolute atomic E-state index is 12.0. The number of carbonyl (C=O) groups is 1. The Balaban J connectivity index is 2.03. The van der Waals surface area contributed by atoms with Crippen LogP contribution in [0.1, 0.15) is 11.3 Å². The molecule has 1 aromatic heterocycles. The van der Waals surface area contributed by atoms with Crippen molar-refractivity contribution in [3.63, 3.8) is 0 Å². The van der Waals surface area contributed by atoms with E-state index in [0.717, 1.165) is 0 Å². The topological polar surface area (TPSA) is 79.5 Å². The van der Waals surface area contributed by atoms with Crippen LogP contribution in [0.2, 0.25) is 0 Å². The molecule has 0 bridgehead atoms. The van der Waals surface area contributed by atoms with E-state index in [1.165, 1.54) is 27.6 Å². The van der Waals surface area contributed by atoms with Gasteiger partial charge < -0.3 is 23.4 Å². The predicted molar refractivity (Wildman–Crippen MR) is 85.4 cm³/mol. The van der Waals surface area contributed by atoms with E-state index in [1.807, 2.05) is 0 Å². The zero-order valence-electron chi connectivity index (χ0n) is 13.4. The van der Waals surface area contributed by atoms with Crippen molar-refractivity contribution in [1.29, 1.82) is 0 Å². The molecule has 1 aliphatic rings. The van der Waals surface area contributed by atoms with Gasteiger partial charge in [-0.1, -0.05) is 0 Å². The van der Waals surface area contributed by atoms with E-state index in [9.17, 15) is 4.79 Å². The van der Waals surface area contributed by atoms with Gasteiger partial charge in [0.15, 0.2) is 23.0 Å². The van der Waals surface area contributed by atoms with Gasteiger partial charge in [0.25, 0.3) is 5.90 Å². The van der Waals surface area contributed by atoms with Crippen LogP contribution in [0.5, 0.6) is 17.2 Å². The smallest absolute Gasteiger partial charge is 0.363 e. The number of hydrogen-bond donors (Lipinski definition) is 0. The van der Waals surface area contributed by atoms with Crippen molar-refractivity contribution in [2.45, 2.75) is 0 Å². The van der Waals surface area contributed by atoms with Crippen molar-refractivity contribution in [1.82, 2.24) is 0 Å². The molecule has 0 radical (unpaired) electrons. The number of hydrogen-bond acceptors (Lipinski definition) is 7. The summed E-state index contributed by atoms with van der Waals surface area (Å²) in [6.45, 7) is 0. The SMILES string of the molecule is COc1cc(OC)c(OC)cc1/C=C1\N=C(c2ccco2)OC1=O. The lowest BCUT2D eigenvalue weighted by Crippen LogP contribution is -2.04. The van der Waals surface area contributed by atoms with E-state index < -0.39 is 5.97 Å². The van der Waals surface area contributed by atoms with Crippen molar-refractivity contribution >= 4 is 17.9 Å². The molecule has 0 spiro atoms. The lowest BCUT2D eigenvalue weighted by molar-refractivity contribution is -0.130. The number of esters is 1. The molecule has 2 heterocycles. The Kier molecular flexibility index (Phi) is 4.24. The van der Waals surface area contributed by atoms with Crippen LogP contribution in [-0.2, 0) is 9.53 Å². The Bertz CT molecular complexity index is 820. The Hall–Kier alpha value is -3.22. The molecule has 124 valence electrons. The molecule has 7 nitrogen and oxygen atoms in total. The van der Waals surface area contributed by atoms with Gasteiger partial charge in [0, 0.05) is 11.6 Å². The number of aliphatic imine (C=N–C) groups is 1. The summed E-state index contributed by atoms with van der Waals surface area (Å²) in [5, 5.41) is 0. The van der Waals surface area contributed by atoms with E-state index in [1.54, 1.807) is 30.3 Å². The molecule has 0 unspecified atom stereocenters. The first-order valence-corrected chi connectivity index (χ1v) is 7.02. The zero-order chi connectivity index (χ0) is 17.1. The van der Waals surface area contributed by atoms with Crippen molar-refractivity contribution in [2.24, 2.45) is 4.99 Å². The first-order valence-electron chi connectivity index (χ1n) is 7.02. The minimum atomic E-state index is -0.571. The summed E-state index contributed by atoms with van der Waals surface area (Å²) < 4.78 is 26.1. The summed E-state index contributed by atoms with van der Waals surface area (Å²) in [6, 6.07) is 6.71. The molecule has 0 saturated heterocycles. The second kappa shape index (κ2) is 6.49. The van der Waals surface area contributed by atoms with Gasteiger partial charge in [-0.3, -0.25) is 0 Å². The first kappa shape index (κ1) is 15.7. The predicted octanol–water partition coefficient (Wildman–Crippen LogP) is 2.65. The highest BCUT2D eigenvalue weighted by Gasteiger charge is 2.26. The average molecular weight is 329 g/mol. The van der Waals surface area contributed by atoms with Gasteiger partial charge in [-0.2, -0.15) is 0 Å². The minimum absolute atomic E-state index is 0.121. The van der Waals surface area contributed by atoms with Crippen LogP contribution < -0.4 is 14.2 Å². The third-order valence-corrected chi connectivity index (χ3v) is 3.38. The fourth-order valence-electron chi connectivity index (χ4n) is 2.23. The monoisotopic (exact) mass is 329 g/mol. The molecule has 24 heavy (non-hydrogen) atoms. The van der Waals surface area contributed by atoms with Crippen LogP contribution in [-0.4, -0.2) is 33.2 Å². The Morgan fingerprint density at radius 1 is 1.04 bits per heavy atom. The lowest BCUT2D eigenvalue weighted by atomic mass is 10.1. The van der Waals surface area contributed by atoms with Crippen LogP contribution in [0.4, 0.5) is 0 Å². The van der Waals surface area contributed by atoms with Gasteiger partial charge in [0.1, 0.15) is 5.75 Å². The van der Waals surface area contributed by atoms with E-state index in [0.29, 0.717) is 28.6 Å². The highest BCUT2D eigenvalue weighted by molar-refractivity contribution is 6.12. The number of ether oxygens (including phenoxy) is 4. The fraction of sp³-hybridized carbons (Fsp3) is 0.176. The highest BCUT2D eigenvalue weighted by Crippen LogP contribution is 2.36. The van der Waals surface area contributed by atoms with Gasteiger partial charge in [0.2, 0.25) is 0 Å². The van der Waals surface area contributed by atoms with Crippen LogP contribution in [0, 0.1) is 0 Å². The summed E-state index contributed by atoms with van der Waals surface area (Å²) in [4.78, 5) is 16.2. The molecule has 0 atom stereocenters. The van der Waals surface area contributed by atoms with Crippen molar-refractivity contribution < 1.29 is 28.2 Å². The van der Waals surface area contributed by atoms with Crippen LogP contribution in [0.15, 0.2) is 45.6 Å². The van der Waals surface area contributed by atoms with Crippen LogP contribution >= 0.6 is 0 Å². The fourth-order valence-corrected chi connectivity index (χ4v) is 2.23. The summed E-state index contributed by atoms with van der Waals surface area (Å²) in [7, 11) is 4.58. The summed E-state index contributed by atoms with van der Waals surface area (Å²) >= 11 is 0. The van der Waals surface area contributed by atoms with E-state index in [4.69, 9.17) is 23.4 Å². The molecular weight excluding hydrogens is 314 g/mol. The summed E-state index contributed by atoms with van der Waals surface area (Å²) in [5.74, 6) is 1.46. The standard InChI is InChI=1S/C17H15NO6/c1-20-13-9-15(22-3)14(21-2)8-10(13)7-11-17(19)24-16(18-11)12-5-4-6-23-12/h4-9H,1-3H3/b11-7-. The average Bonchev–Trinajstić information content (AvgIpc) is 3.24. The Labute approximate surface area is 138 Å². The summed E-state index contributed by atoms with van der Waals surface area (Å²) in [6.07, 6.45) is 3.03. The number of furan rings is 1. The largest absolute Gasteiger partial charge is 0.496 e. The molecule has 0 saturated carbocycles. The molecule has 0 amide bonds. The van der Waals surface area contributed by atoms with E-state index in [-0.39, 0.29) is 11.6 Å². The molecule has 0 fully saturated rings. The van der Waals surface area contributed by atoms with Crippen molar-refractivity contribution in [2.75, 3.05) is 21.3 Å². The van der Waals surface area contributed by atoms with Gasteiger partial charge >= 0.3 is 5.97 Å². The minimum Gasteiger partial charge on any atom is -0.496 e. The van der Waals surface area contributed by atoms with Crippen molar-refractivity contribution in [3.8, 4) is 17.2 Å². The Morgan fingerprint density at radius 3 is 2.38 bits per heavy atom. The zero-order valence-corrected chi connectivity index (χ0v) is 13.4. The quantitative estimate of drug-likeness (QED) is 0.620. The van der Waals surface area contributed by atoms with Gasteiger partial charge in [0.05, 0.1) is 27.6 Å². The molecule has 0 N–H and O–H groups in total. The number of rotatable bonds is 5. The second-order valence-corrected chi connectivity index (χ2v) is 4.76. The molecule has 0 aliphatic carbocycles. The third kappa shape index (κ3) is 2.83. The number of methoxy groups -OCH3 is 3. The molecule has 3 rings (SSSR count). The van der Waals surface area contributed by atoms with Gasteiger partial charge in [-0.05, 0) is 24.3 Å². The lowest BCUT2D eigenvalue weighted by Gasteiger charge is -2.12. The number of cyclic esters (lactones) is 1. The van der Waals surface area contributed by atoms with Crippen LogP contribution in [0.3, 0.4) is 0 Å². The maximum Gasteiger partial charge on any atom is 0.363 e. The van der Waals surface area contributed by atoms with Gasteiger partial charge in [-0.15, -0.1) is 0 Å². The van der Waals surface area contributed by atoms with Gasteiger partial charge in [-0.25, -0.2) is 9.79 Å². The third-order valence-electron chi connectivity index (χ3n) is 3.38. The normalized spacial score (nSPS) is 15.2. The molecular formula is C17H15NO6. The Morgan fingerprint density at radius 2 is 1.75 bits per heavy atom. The summed E-state index contributed by atoms with van der Waals surface area (Å²) in [5.41, 5.74) is 0.735. The second-order valence-electron chi connectivity index (χ2n) is 4.76. The van der Waals surface area contributed by atoms with Crippen molar-refractivity contribution in [3.05, 3.63) is 47.5 Å². The van der Waals surface area contributed by atoms with E-state index in [2.05, 4.69) is 4.99 Å².